The minimum atomic E-state index is 0.330. The average molecular weight is 379 g/mol. The maximum Gasteiger partial charge on any atom is 0.227 e. The summed E-state index contributed by atoms with van der Waals surface area (Å²) in [4.78, 5) is 11.5. The van der Waals surface area contributed by atoms with Gasteiger partial charge in [0.2, 0.25) is 5.95 Å². The first-order chi connectivity index (χ1) is 11.5. The monoisotopic (exact) mass is 378 g/mol. The van der Waals surface area contributed by atoms with Crippen LogP contribution in [0.3, 0.4) is 0 Å². The molecule has 3 rings (SSSR count). The molecule has 2 heterocycles. The third-order valence-corrected chi connectivity index (χ3v) is 5.77. The predicted molar refractivity (Wildman–Crippen MR) is 109 cm³/mol. The lowest BCUT2D eigenvalue weighted by Crippen LogP contribution is -2.27. The van der Waals surface area contributed by atoms with Gasteiger partial charge >= 0.3 is 0 Å². The van der Waals surface area contributed by atoms with Gasteiger partial charge in [-0.2, -0.15) is 4.98 Å². The van der Waals surface area contributed by atoms with Crippen LogP contribution >= 0.6 is 32.2 Å². The van der Waals surface area contributed by atoms with Crippen molar-refractivity contribution in [3.8, 4) is 0 Å². The Hall–Kier alpha value is -1.42. The molecular formula is C17H20ClN4PS. The van der Waals surface area contributed by atoms with Crippen LogP contribution in [-0.2, 0) is 6.54 Å². The third kappa shape index (κ3) is 3.49. The summed E-state index contributed by atoms with van der Waals surface area (Å²) in [5.41, 5.74) is 2.02. The Morgan fingerprint density at radius 2 is 2.08 bits per heavy atom. The summed E-state index contributed by atoms with van der Waals surface area (Å²) < 4.78 is 1.06. The fourth-order valence-corrected chi connectivity index (χ4v) is 3.80. The van der Waals surface area contributed by atoms with Gasteiger partial charge in [0.15, 0.2) is 0 Å². The molecule has 0 spiro atoms. The summed E-state index contributed by atoms with van der Waals surface area (Å²) >= 11 is 7.97. The molecule has 3 aromatic rings. The molecule has 0 radical (unpaired) electrons. The summed E-state index contributed by atoms with van der Waals surface area (Å²) in [6, 6.07) is 8.25. The van der Waals surface area contributed by atoms with Gasteiger partial charge in [0.25, 0.3) is 0 Å². The summed E-state index contributed by atoms with van der Waals surface area (Å²) in [5.74, 6) is 1.57. The number of thiophene rings is 1. The van der Waals surface area contributed by atoms with E-state index < -0.39 is 0 Å². The molecule has 0 aliphatic carbocycles. The molecule has 4 nitrogen and oxygen atoms in total. The number of nitrogens with one attached hydrogen (secondary N) is 1. The molecule has 24 heavy (non-hydrogen) atoms. The number of hydrogen-bond acceptors (Lipinski definition) is 5. The fourth-order valence-electron chi connectivity index (χ4n) is 2.29. The van der Waals surface area contributed by atoms with E-state index in [9.17, 15) is 0 Å². The van der Waals surface area contributed by atoms with E-state index in [1.54, 1.807) is 11.3 Å². The molecule has 2 aromatic heterocycles. The number of halogens is 1. The van der Waals surface area contributed by atoms with Crippen LogP contribution in [0, 0.1) is 0 Å². The lowest BCUT2D eigenvalue weighted by molar-refractivity contribution is 0.732. The predicted octanol–water partition coefficient (Wildman–Crippen LogP) is 4.30. The fraction of sp³-hybridized carbons (Fsp3) is 0.294. The molecule has 1 aromatic carbocycles. The molecule has 0 aliphatic heterocycles. The molecule has 1 unspecified atom stereocenters. The van der Waals surface area contributed by atoms with Crippen LogP contribution in [0.1, 0.15) is 19.4 Å². The van der Waals surface area contributed by atoms with E-state index in [1.807, 2.05) is 36.7 Å². The van der Waals surface area contributed by atoms with Gasteiger partial charge in [-0.15, -0.1) is 20.6 Å². The maximum absolute atomic E-state index is 6.32. The lowest BCUT2D eigenvalue weighted by atomic mass is 10.2. The number of benzene rings is 1. The maximum atomic E-state index is 6.32. The molecule has 0 saturated carbocycles. The van der Waals surface area contributed by atoms with Gasteiger partial charge in [0.1, 0.15) is 5.82 Å². The minimum Gasteiger partial charge on any atom is -0.365 e. The van der Waals surface area contributed by atoms with Gasteiger partial charge in [-0.3, -0.25) is 0 Å². The van der Waals surface area contributed by atoms with Crippen LogP contribution in [0.2, 0.25) is 5.02 Å². The second kappa shape index (κ2) is 7.22. The zero-order valence-electron chi connectivity index (χ0n) is 13.9. The van der Waals surface area contributed by atoms with Crippen LogP contribution in [0.4, 0.5) is 11.8 Å². The zero-order valence-corrected chi connectivity index (χ0v) is 16.6. The van der Waals surface area contributed by atoms with Gasteiger partial charge < -0.3 is 10.2 Å². The van der Waals surface area contributed by atoms with E-state index in [0.717, 1.165) is 37.9 Å². The van der Waals surface area contributed by atoms with Crippen molar-refractivity contribution in [2.75, 3.05) is 17.3 Å². The van der Waals surface area contributed by atoms with Gasteiger partial charge in [-0.25, -0.2) is 4.98 Å². The summed E-state index contributed by atoms with van der Waals surface area (Å²) in [5, 5.41) is 7.33. The Balaban J connectivity index is 1.95. The topological polar surface area (TPSA) is 41.1 Å². The number of fused-ring (bicyclic) bond motifs is 1. The summed E-state index contributed by atoms with van der Waals surface area (Å²) in [7, 11) is 4.74. The highest BCUT2D eigenvalue weighted by molar-refractivity contribution is 7.27. The Morgan fingerprint density at radius 3 is 2.79 bits per heavy atom. The third-order valence-electron chi connectivity index (χ3n) is 3.97. The number of aromatic nitrogens is 2. The number of anilines is 2. The highest BCUT2D eigenvalue weighted by Gasteiger charge is 2.14. The number of rotatable bonds is 5. The Kier molecular flexibility index (Phi) is 5.24. The summed E-state index contributed by atoms with van der Waals surface area (Å²) in [6.07, 6.45) is 0. The average Bonchev–Trinajstić information content (AvgIpc) is 3.02. The van der Waals surface area contributed by atoms with Crippen molar-refractivity contribution in [2.45, 2.75) is 26.4 Å². The SMILES string of the molecule is CC(C)N(C)c1nc(NCc2c(P)cccc2Cl)c2sccc2n1. The number of nitrogens with zero attached hydrogens (tertiary/aromatic N) is 3. The molecule has 0 fully saturated rings. The van der Waals surface area contributed by atoms with Gasteiger partial charge in [0, 0.05) is 24.7 Å². The first kappa shape index (κ1) is 17.4. The highest BCUT2D eigenvalue weighted by Crippen LogP contribution is 2.29. The molecule has 0 amide bonds. The molecule has 0 bridgehead atoms. The van der Waals surface area contributed by atoms with Crippen LogP contribution in [0.5, 0.6) is 0 Å². The molecule has 0 aliphatic rings. The van der Waals surface area contributed by atoms with Gasteiger partial charge in [0.05, 0.1) is 10.2 Å². The van der Waals surface area contributed by atoms with Crippen molar-refractivity contribution >= 4 is 59.5 Å². The van der Waals surface area contributed by atoms with E-state index in [4.69, 9.17) is 16.6 Å². The number of hydrogen-bond donors (Lipinski definition) is 1. The van der Waals surface area contributed by atoms with Crippen LogP contribution < -0.4 is 15.5 Å². The van der Waals surface area contributed by atoms with Crippen LogP contribution in [0.15, 0.2) is 29.6 Å². The second-order valence-corrected chi connectivity index (χ2v) is 7.82. The van der Waals surface area contributed by atoms with E-state index in [2.05, 4.69) is 38.3 Å². The summed E-state index contributed by atoms with van der Waals surface area (Å²) in [6.45, 7) is 4.87. The van der Waals surface area contributed by atoms with E-state index in [-0.39, 0.29) is 0 Å². The normalized spacial score (nSPS) is 11.2. The molecule has 7 heteroatoms. The van der Waals surface area contributed by atoms with E-state index in [1.165, 1.54) is 0 Å². The van der Waals surface area contributed by atoms with Crippen molar-refractivity contribution in [2.24, 2.45) is 0 Å². The molecular weight excluding hydrogens is 359 g/mol. The Labute approximate surface area is 153 Å². The molecule has 1 N–H and O–H groups in total. The molecule has 1 atom stereocenters. The van der Waals surface area contributed by atoms with E-state index >= 15 is 0 Å². The first-order valence-corrected chi connectivity index (χ1v) is 9.55. The lowest BCUT2D eigenvalue weighted by Gasteiger charge is -2.22. The van der Waals surface area contributed by atoms with Gasteiger partial charge in [-0.1, -0.05) is 23.7 Å². The van der Waals surface area contributed by atoms with Crippen molar-refractivity contribution in [1.82, 2.24) is 9.97 Å². The van der Waals surface area contributed by atoms with E-state index in [0.29, 0.717) is 12.6 Å². The van der Waals surface area contributed by atoms with Crippen LogP contribution in [0.25, 0.3) is 10.2 Å². The Bertz CT molecular complexity index is 845. The van der Waals surface area contributed by atoms with Crippen molar-refractivity contribution in [1.29, 1.82) is 0 Å². The van der Waals surface area contributed by atoms with Crippen molar-refractivity contribution in [3.05, 3.63) is 40.2 Å². The zero-order chi connectivity index (χ0) is 17.3. The van der Waals surface area contributed by atoms with Crippen LogP contribution in [-0.4, -0.2) is 23.1 Å². The minimum absolute atomic E-state index is 0.330. The smallest absolute Gasteiger partial charge is 0.227 e. The molecule has 126 valence electrons. The first-order valence-electron chi connectivity index (χ1n) is 7.72. The van der Waals surface area contributed by atoms with Crippen molar-refractivity contribution < 1.29 is 0 Å². The quantitative estimate of drug-likeness (QED) is 0.672. The van der Waals surface area contributed by atoms with Crippen molar-refractivity contribution in [3.63, 3.8) is 0 Å². The van der Waals surface area contributed by atoms with Gasteiger partial charge in [-0.05, 0) is 42.2 Å². The Morgan fingerprint density at radius 1 is 1.29 bits per heavy atom. The standard InChI is InChI=1S/C17H20ClN4PS/c1-10(2)22(3)17-20-13-7-8-24-15(13)16(21-17)19-9-11-12(18)5-4-6-14(11)23/h4-8,10H,9,23H2,1-3H3,(H,19,20,21). The molecule has 0 saturated heterocycles. The second-order valence-electron chi connectivity index (χ2n) is 5.87. The largest absolute Gasteiger partial charge is 0.365 e. The highest BCUT2D eigenvalue weighted by atomic mass is 35.5.